The molecule has 24 nitrogen and oxygen atoms in total. The molecular formula is C35H55Cl2Cs2F2N10O14P2S. The molecule has 68 heavy (non-hydrogen) atoms. The molecule has 2 fully saturated rings. The number of H-pyrrole nitrogens is 1. The summed E-state index contributed by atoms with van der Waals surface area (Å²) in [5, 5.41) is 8.85. The summed E-state index contributed by atoms with van der Waals surface area (Å²) in [5.74, 6) is -1.84. The summed E-state index contributed by atoms with van der Waals surface area (Å²) in [4.78, 5) is 37.6. The molecule has 0 aliphatic carbocycles. The first-order chi connectivity index (χ1) is 30.7. The van der Waals surface area contributed by atoms with Gasteiger partial charge < -0.3 is 58.9 Å². The topological polar surface area (TPSA) is 332 Å². The Hall–Kier alpha value is 0.804. The van der Waals surface area contributed by atoms with E-state index in [-0.39, 0.29) is 199 Å². The van der Waals surface area contributed by atoms with E-state index in [9.17, 15) is 26.3 Å². The van der Waals surface area contributed by atoms with Gasteiger partial charge in [0.05, 0.1) is 56.5 Å². The molecule has 0 spiro atoms. The van der Waals surface area contributed by atoms with Gasteiger partial charge in [-0.1, -0.05) is 23.2 Å². The van der Waals surface area contributed by atoms with E-state index in [0.717, 1.165) is 6.26 Å². The number of fused-ring (bicyclic) bond motifs is 2. The first-order valence-corrected chi connectivity index (χ1v) is 26.0. The normalized spacial score (nSPS) is 21.3. The average molecular weight is 1310 g/mol. The number of rotatable bonds is 17. The third kappa shape index (κ3) is 21.6. The summed E-state index contributed by atoms with van der Waals surface area (Å²) in [6.45, 7) is 13.4. The van der Waals surface area contributed by atoms with E-state index in [1.807, 2.05) is 13.8 Å². The Morgan fingerprint density at radius 3 is 1.96 bits per heavy atom. The molecule has 1 radical (unpaired) electrons. The fraction of sp³-hybridized carbons (Fsp3) is 0.686. The van der Waals surface area contributed by atoms with Crippen LogP contribution in [0, 0.1) is 0 Å². The van der Waals surface area contributed by atoms with Crippen molar-refractivity contribution < 1.29 is 142 Å². The summed E-state index contributed by atoms with van der Waals surface area (Å²) in [7, 11) is -10.8. The van der Waals surface area contributed by atoms with Crippen molar-refractivity contribution in [3.05, 3.63) is 23.0 Å². The molecule has 0 amide bonds. The Morgan fingerprint density at radius 2 is 1.41 bits per heavy atom. The fourth-order valence-corrected chi connectivity index (χ4v) is 11.5. The second kappa shape index (κ2) is 31.0. The zero-order chi connectivity index (χ0) is 49.7. The molecule has 2 saturated heterocycles. The average Bonchev–Trinajstić information content (AvgIpc) is 4.00. The number of hydrogen-bond acceptors (Lipinski definition) is 22. The molecule has 6 rings (SSSR count). The van der Waals surface area contributed by atoms with E-state index < -0.39 is 80.1 Å². The van der Waals surface area contributed by atoms with Crippen molar-refractivity contribution in [3.63, 3.8) is 0 Å². The van der Waals surface area contributed by atoms with Gasteiger partial charge in [0.15, 0.2) is 27.4 Å². The minimum Gasteiger partial charge on any atom is -0.662 e. The minimum atomic E-state index is -3.70. The van der Waals surface area contributed by atoms with Gasteiger partial charge in [-0.3, -0.25) is 18.1 Å². The molecule has 6 heterocycles. The van der Waals surface area contributed by atoms with E-state index >= 15 is 0 Å². The van der Waals surface area contributed by atoms with Crippen LogP contribution in [-0.4, -0.2) is 203 Å². The third-order valence-electron chi connectivity index (χ3n) is 8.37. The SMILES string of the molecule is CC(C)OCP(=O)(OC(C)C)[C@H]1C[C@@H](F)[C@@H](Cn2cnc3c(Cl)nc(N)nc32)O1.CC(C)OP(=O)(OC(C)C)[C@H]1C[C@@H](F)[C@@H](COS(C)(=O)=O)O1.Nc1nc(Cl)c2[nH]cnc2n1.O=CO[O-].[Cs+].[Cs]. The van der Waals surface area contributed by atoms with Crippen molar-refractivity contribution in [3.8, 4) is 0 Å². The number of halogens is 4. The van der Waals surface area contributed by atoms with E-state index in [2.05, 4.69) is 44.0 Å². The summed E-state index contributed by atoms with van der Waals surface area (Å²) in [5.41, 5.74) is 12.8. The van der Waals surface area contributed by atoms with E-state index in [1.54, 1.807) is 46.1 Å². The predicted molar refractivity (Wildman–Crippen MR) is 241 cm³/mol. The number of nitrogens with two attached hydrogens (primary N) is 2. The van der Waals surface area contributed by atoms with E-state index in [4.69, 9.17) is 72.5 Å². The number of nitrogens with one attached hydrogen (secondary N) is 1. The number of nitrogens with zero attached hydrogens (tertiary/aromatic N) is 7. The molecule has 0 bridgehead atoms. The smallest absolute Gasteiger partial charge is 0.662 e. The number of imidazole rings is 2. The Balaban J connectivity index is 0.000000520. The van der Waals surface area contributed by atoms with E-state index in [1.165, 1.54) is 12.7 Å². The van der Waals surface area contributed by atoms with Gasteiger partial charge in [-0.25, -0.2) is 18.7 Å². The van der Waals surface area contributed by atoms with Crippen LogP contribution in [0.1, 0.15) is 68.2 Å². The van der Waals surface area contributed by atoms with Gasteiger partial charge in [0.25, 0.3) is 24.0 Å². The summed E-state index contributed by atoms with van der Waals surface area (Å²) < 4.78 is 116. The molecular weight excluding hydrogens is 1250 g/mol. The number of aromatic amines is 1. The third-order valence-corrected chi connectivity index (χ3v) is 14.4. The van der Waals surface area contributed by atoms with Crippen LogP contribution in [0.3, 0.4) is 0 Å². The number of carbonyl (C=O) groups excluding carboxylic acids is 1. The standard InChI is InChI=1S/C17H26ClFN5O4P.C12H24FO7PS.C5H4ClN5.CH2O3.2Cs/c1-9(2)26-8-29(25,28-10(3)4)13-5-11(19)12(27-13)6-24-7-21-14-15(18)22-17(20)23-16(14)24;1-8(2)19-21(14,20-9(3)4)12-6-10(13)11(18-12)7-17-22(5,15)16;6-3-2-4(9-1-8-2)11-5(7)10-3;2-1-4-3;;/h7,9-13H,5-6,8H2,1-4H3,(H2,20,22,23);8-12H,6-7H2,1-5H3;1H,(H3,7,8,9,10,11);1,3H;;/q;;;;;+1/p-1/t11-,12-,13+,29?;10-,11-,12+;;;;/m11..../s1. The van der Waals surface area contributed by atoms with Crippen molar-refractivity contribution in [2.24, 2.45) is 0 Å². The summed E-state index contributed by atoms with van der Waals surface area (Å²) in [6, 6.07) is 0. The van der Waals surface area contributed by atoms with Gasteiger partial charge in [-0.2, -0.15) is 28.4 Å². The summed E-state index contributed by atoms with van der Waals surface area (Å²) in [6.07, 6.45) is -2.59. The van der Waals surface area contributed by atoms with E-state index in [0.29, 0.717) is 27.5 Å². The quantitative estimate of drug-likeness (QED) is 0.0338. The van der Waals surface area contributed by atoms with Crippen molar-refractivity contribution in [1.82, 2.24) is 39.5 Å². The Morgan fingerprint density at radius 1 is 0.882 bits per heavy atom. The molecule has 1 unspecified atom stereocenters. The molecule has 0 aromatic carbocycles. The maximum Gasteiger partial charge on any atom is 1.00 e. The monoisotopic (exact) mass is 1310 g/mol. The molecule has 33 heteroatoms. The number of hydrogen-bond donors (Lipinski definition) is 3. The van der Waals surface area contributed by atoms with Crippen molar-refractivity contribution in [2.45, 2.75) is 135 Å². The van der Waals surface area contributed by atoms with Crippen LogP contribution in [0.5, 0.6) is 0 Å². The van der Waals surface area contributed by atoms with Crippen LogP contribution in [-0.2, 0) is 67.4 Å². The summed E-state index contributed by atoms with van der Waals surface area (Å²) >= 11 is 11.7. The zero-order valence-electron chi connectivity index (χ0n) is 39.4. The number of aromatic nitrogens is 8. The van der Waals surface area contributed by atoms with Crippen LogP contribution in [0.25, 0.3) is 22.3 Å². The number of anilines is 2. The van der Waals surface area contributed by atoms with Crippen LogP contribution < -0.4 is 85.6 Å². The molecule has 0 saturated carbocycles. The molecule has 5 N–H and O–H groups in total. The van der Waals surface area contributed by atoms with Crippen molar-refractivity contribution in [1.29, 1.82) is 0 Å². The predicted octanol–water partition coefficient (Wildman–Crippen LogP) is 1.71. The first-order valence-electron chi connectivity index (χ1n) is 20.0. The Labute approximate surface area is 520 Å². The Kier molecular flexibility index (Phi) is 30.5. The van der Waals surface area contributed by atoms with Crippen molar-refractivity contribution in [2.75, 3.05) is 30.7 Å². The van der Waals surface area contributed by atoms with Gasteiger partial charge in [-0.05, 0) is 55.4 Å². The first kappa shape index (κ1) is 66.8. The fourth-order valence-electron chi connectivity index (χ4n) is 5.93. The second-order valence-corrected chi connectivity index (χ2v) is 22.4. The largest absolute Gasteiger partial charge is 1.00 e. The van der Waals surface area contributed by atoms with Gasteiger partial charge >= 0.3 is 76.5 Å². The molecule has 4 aromatic rings. The molecule has 2 aliphatic heterocycles. The van der Waals surface area contributed by atoms with Gasteiger partial charge in [0.1, 0.15) is 47.8 Å². The molecule has 7 atom stereocenters. The number of alkyl halides is 2. The second-order valence-electron chi connectivity index (χ2n) is 15.4. The number of ether oxygens (including phenoxy) is 3. The van der Waals surface area contributed by atoms with Crippen LogP contribution in [0.4, 0.5) is 20.7 Å². The van der Waals surface area contributed by atoms with Gasteiger partial charge in [0, 0.05) is 81.7 Å². The Bertz CT molecular complexity index is 2390. The van der Waals surface area contributed by atoms with Gasteiger partial charge in [0.2, 0.25) is 11.9 Å². The maximum atomic E-state index is 14.8. The van der Waals surface area contributed by atoms with Crippen LogP contribution in [0.2, 0.25) is 10.3 Å². The number of carbonyl (C=O) groups is 1. The molecule has 375 valence electrons. The minimum absolute atomic E-state index is 0. The van der Waals surface area contributed by atoms with Crippen LogP contribution >= 0.6 is 38.2 Å². The molecule has 2 aliphatic rings. The van der Waals surface area contributed by atoms with Gasteiger partial charge in [-0.15, -0.1) is 0 Å². The van der Waals surface area contributed by atoms with Crippen molar-refractivity contribution >= 4 is 158 Å². The maximum absolute atomic E-state index is 14.8. The zero-order valence-corrected chi connectivity index (χ0v) is 56.0. The molecule has 4 aromatic heterocycles. The van der Waals surface area contributed by atoms with Crippen LogP contribution in [0.15, 0.2) is 12.7 Å². The number of nitrogen functional groups attached to an aromatic ring is 2.